The number of fused-ring (bicyclic) bond motifs is 1. The Morgan fingerprint density at radius 3 is 2.24 bits per heavy atom. The van der Waals surface area contributed by atoms with Gasteiger partial charge in [0.1, 0.15) is 22.9 Å². The molecule has 1 amide bonds. The molecule has 0 radical (unpaired) electrons. The number of ketones is 1. The Labute approximate surface area is 217 Å². The Kier molecular flexibility index (Phi) is 7.51. The van der Waals surface area contributed by atoms with Gasteiger partial charge in [-0.25, -0.2) is 17.2 Å². The molecule has 194 valence electrons. The molecular weight excluding hydrogens is 492 g/mol. The van der Waals surface area contributed by atoms with E-state index in [0.717, 1.165) is 9.54 Å². The Bertz CT molecular complexity index is 1550. The number of allylic oxidation sites excluding steroid dienone is 1. The van der Waals surface area contributed by atoms with E-state index < -0.39 is 27.5 Å². The molecule has 0 bridgehead atoms. The van der Waals surface area contributed by atoms with E-state index in [1.807, 2.05) is 13.0 Å². The largest absolute Gasteiger partial charge is 0.444 e. The first kappa shape index (κ1) is 27.5. The van der Waals surface area contributed by atoms with Crippen LogP contribution in [0.15, 0.2) is 59.1 Å². The third-order valence-corrected chi connectivity index (χ3v) is 7.03. The molecule has 0 saturated heterocycles. The van der Waals surface area contributed by atoms with E-state index in [1.54, 1.807) is 60.0 Å². The molecule has 2 aromatic carbocycles. The summed E-state index contributed by atoms with van der Waals surface area (Å²) >= 11 is 0. The number of nitrogens with one attached hydrogen (secondary N) is 1. The highest BCUT2D eigenvalue weighted by molar-refractivity contribution is 7.90. The number of aryl methyl sites for hydroxylation is 2. The van der Waals surface area contributed by atoms with Crippen LogP contribution in [0.2, 0.25) is 0 Å². The van der Waals surface area contributed by atoms with Crippen LogP contribution in [0.1, 0.15) is 42.4 Å². The fourth-order valence-corrected chi connectivity index (χ4v) is 5.16. The summed E-state index contributed by atoms with van der Waals surface area (Å²) in [7, 11) is -0.962. The van der Waals surface area contributed by atoms with Crippen LogP contribution in [0.25, 0.3) is 10.9 Å². The Morgan fingerprint density at radius 1 is 1.08 bits per heavy atom. The number of benzene rings is 2. The Hall–Kier alpha value is -4.10. The zero-order chi connectivity index (χ0) is 27.7. The van der Waals surface area contributed by atoms with Crippen molar-refractivity contribution in [1.29, 1.82) is 5.26 Å². The van der Waals surface area contributed by atoms with Gasteiger partial charge in [-0.05, 0) is 70.5 Å². The second-order valence-corrected chi connectivity index (χ2v) is 11.7. The molecule has 9 nitrogen and oxygen atoms in total. The summed E-state index contributed by atoms with van der Waals surface area (Å²) in [6, 6.07) is 12.7. The molecule has 0 saturated carbocycles. The lowest BCUT2D eigenvalue weighted by atomic mass is 10.1. The summed E-state index contributed by atoms with van der Waals surface area (Å²) < 4.78 is 34.0. The lowest BCUT2D eigenvalue weighted by molar-refractivity contribution is 0.0635. The predicted molar refractivity (Wildman–Crippen MR) is 142 cm³/mol. The average molecular weight is 523 g/mol. The van der Waals surface area contributed by atoms with Crippen LogP contribution in [-0.2, 0) is 14.8 Å². The second-order valence-electron chi connectivity index (χ2n) is 9.91. The second kappa shape index (κ2) is 10.1. The maximum absolute atomic E-state index is 13.9. The molecule has 3 rings (SSSR count). The Balaban J connectivity index is 2.30. The van der Waals surface area contributed by atoms with Gasteiger partial charge in [0.2, 0.25) is 5.78 Å². The number of amides is 1. The number of nitriles is 1. The zero-order valence-corrected chi connectivity index (χ0v) is 22.7. The van der Waals surface area contributed by atoms with Crippen LogP contribution in [0, 0.1) is 25.2 Å². The molecule has 0 spiro atoms. The minimum atomic E-state index is -4.27. The van der Waals surface area contributed by atoms with E-state index >= 15 is 0 Å². The molecule has 37 heavy (non-hydrogen) atoms. The van der Waals surface area contributed by atoms with Crippen molar-refractivity contribution >= 4 is 38.5 Å². The van der Waals surface area contributed by atoms with Gasteiger partial charge in [0.05, 0.1) is 10.4 Å². The molecule has 0 unspecified atom stereocenters. The number of aromatic nitrogens is 1. The van der Waals surface area contributed by atoms with Gasteiger partial charge in [0.25, 0.3) is 10.0 Å². The van der Waals surface area contributed by atoms with Crippen molar-refractivity contribution in [2.24, 2.45) is 0 Å². The fraction of sp³-hybridized carbons (Fsp3) is 0.296. The molecule has 0 atom stereocenters. The minimum absolute atomic E-state index is 0.0260. The molecule has 0 fully saturated rings. The number of carbonyl (C=O) groups is 2. The normalized spacial score (nSPS) is 12.2. The first-order valence-corrected chi connectivity index (χ1v) is 12.9. The van der Waals surface area contributed by atoms with Crippen molar-refractivity contribution in [3.63, 3.8) is 0 Å². The van der Waals surface area contributed by atoms with Crippen LogP contribution in [0.4, 0.5) is 10.5 Å². The van der Waals surface area contributed by atoms with Gasteiger partial charge in [-0.2, -0.15) is 5.26 Å². The molecule has 10 heteroatoms. The number of nitrogens with zero attached hydrogens (tertiary/aromatic N) is 3. The molecule has 0 aliphatic rings. The van der Waals surface area contributed by atoms with Gasteiger partial charge >= 0.3 is 6.09 Å². The summed E-state index contributed by atoms with van der Waals surface area (Å²) in [6.07, 6.45) is 0.635. The summed E-state index contributed by atoms with van der Waals surface area (Å²) in [4.78, 5) is 27.4. The van der Waals surface area contributed by atoms with Crippen molar-refractivity contribution in [2.45, 2.75) is 45.1 Å². The van der Waals surface area contributed by atoms with Crippen molar-refractivity contribution in [3.8, 4) is 6.07 Å². The van der Waals surface area contributed by atoms with Crippen LogP contribution in [0.3, 0.4) is 0 Å². The number of rotatable bonds is 6. The molecule has 1 heterocycles. The third-order valence-electron chi connectivity index (χ3n) is 5.28. The van der Waals surface area contributed by atoms with Crippen molar-refractivity contribution in [3.05, 3.63) is 71.1 Å². The number of hydrogen-bond donors (Lipinski definition) is 1. The Morgan fingerprint density at radius 2 is 1.70 bits per heavy atom. The van der Waals surface area contributed by atoms with Gasteiger partial charge in [-0.15, -0.1) is 0 Å². The van der Waals surface area contributed by atoms with Crippen LogP contribution < -0.4 is 5.32 Å². The summed E-state index contributed by atoms with van der Waals surface area (Å²) in [5.41, 5.74) is 0.838. The third kappa shape index (κ3) is 6.01. The predicted octanol–water partition coefficient (Wildman–Crippen LogP) is 4.99. The van der Waals surface area contributed by atoms with E-state index in [4.69, 9.17) is 4.74 Å². The number of carbonyl (C=O) groups excluding carboxylic acids is 2. The molecule has 0 aliphatic heterocycles. The smallest absolute Gasteiger partial charge is 0.412 e. The standard InChI is InChI=1S/C27H30N4O5S/c1-17-8-10-21(11-9-17)37(34,35)31-23-14-22(29-26(33)36-27(3,4)5)18(2)12-19(23)13-24(31)25(32)20(15-28)16-30(6)7/h8-14,16H,1-7H3,(H,29,33). The zero-order valence-electron chi connectivity index (χ0n) is 21.9. The molecule has 1 aromatic heterocycles. The average Bonchev–Trinajstić information content (AvgIpc) is 3.15. The van der Waals surface area contributed by atoms with Crippen molar-refractivity contribution in [1.82, 2.24) is 8.87 Å². The summed E-state index contributed by atoms with van der Waals surface area (Å²) in [6.45, 7) is 8.76. The van der Waals surface area contributed by atoms with Gasteiger partial charge < -0.3 is 9.64 Å². The van der Waals surface area contributed by atoms with Gasteiger partial charge in [0.15, 0.2) is 0 Å². The quantitative estimate of drug-likeness (QED) is 0.275. The van der Waals surface area contributed by atoms with Crippen LogP contribution >= 0.6 is 0 Å². The van der Waals surface area contributed by atoms with E-state index in [2.05, 4.69) is 5.32 Å². The highest BCUT2D eigenvalue weighted by atomic mass is 32.2. The maximum Gasteiger partial charge on any atom is 0.412 e. The van der Waals surface area contributed by atoms with Gasteiger partial charge in [-0.1, -0.05) is 17.7 Å². The monoisotopic (exact) mass is 522 g/mol. The topological polar surface area (TPSA) is 122 Å². The lowest BCUT2D eigenvalue weighted by Gasteiger charge is -2.20. The highest BCUT2D eigenvalue weighted by Crippen LogP contribution is 2.32. The number of hydrogen-bond acceptors (Lipinski definition) is 7. The molecular formula is C27H30N4O5S. The first-order chi connectivity index (χ1) is 17.1. The summed E-state index contributed by atoms with van der Waals surface area (Å²) in [5, 5.41) is 12.7. The summed E-state index contributed by atoms with van der Waals surface area (Å²) in [5.74, 6) is -0.748. The van der Waals surface area contributed by atoms with E-state index in [9.17, 15) is 23.3 Å². The van der Waals surface area contributed by atoms with Crippen LogP contribution in [-0.4, -0.2) is 48.9 Å². The molecule has 3 aromatic rings. The number of anilines is 1. The SMILES string of the molecule is Cc1ccc(S(=O)(=O)n2c(C(=O)C(C#N)=CN(C)C)cc3cc(C)c(NC(=O)OC(C)(C)C)cc32)cc1. The maximum atomic E-state index is 13.9. The van der Waals surface area contributed by atoms with Crippen molar-refractivity contribution in [2.75, 3.05) is 19.4 Å². The van der Waals surface area contributed by atoms with Crippen molar-refractivity contribution < 1.29 is 22.7 Å². The van der Waals surface area contributed by atoms with E-state index in [0.29, 0.717) is 16.6 Å². The number of Topliss-reactive ketones (excluding diaryl/α,β-unsaturated/α-hetero) is 1. The highest BCUT2D eigenvalue weighted by Gasteiger charge is 2.29. The van der Waals surface area contributed by atoms with Gasteiger partial charge in [-0.3, -0.25) is 10.1 Å². The minimum Gasteiger partial charge on any atom is -0.444 e. The fourth-order valence-electron chi connectivity index (χ4n) is 3.66. The molecule has 0 aliphatic carbocycles. The van der Waals surface area contributed by atoms with Gasteiger partial charge in [0, 0.05) is 31.4 Å². The van der Waals surface area contributed by atoms with Crippen LogP contribution in [0.5, 0.6) is 0 Å². The lowest BCUT2D eigenvalue weighted by Crippen LogP contribution is -2.27. The number of ether oxygens (including phenoxy) is 1. The van der Waals surface area contributed by atoms with E-state index in [1.165, 1.54) is 35.4 Å². The van der Waals surface area contributed by atoms with E-state index in [-0.39, 0.29) is 21.7 Å². The first-order valence-electron chi connectivity index (χ1n) is 11.5. The molecule has 1 N–H and O–H groups in total.